The second-order valence-corrected chi connectivity index (χ2v) is 10.0. The summed E-state index contributed by atoms with van der Waals surface area (Å²) in [5.41, 5.74) is -1.40. The predicted molar refractivity (Wildman–Crippen MR) is 145 cm³/mol. The molecule has 4 aromatic rings. The van der Waals surface area contributed by atoms with Crippen LogP contribution in [0, 0.1) is 5.92 Å². The van der Waals surface area contributed by atoms with Crippen LogP contribution in [0.1, 0.15) is 28.3 Å². The maximum atomic E-state index is 13.2. The van der Waals surface area contributed by atoms with Gasteiger partial charge in [0.1, 0.15) is 35.7 Å². The van der Waals surface area contributed by atoms with Crippen LogP contribution in [0.15, 0.2) is 97.2 Å². The zero-order chi connectivity index (χ0) is 27.9. The average molecular weight is 540 g/mol. The number of rotatable bonds is 7. The van der Waals surface area contributed by atoms with Crippen LogP contribution >= 0.6 is 0 Å². The SMILES string of the molecule is COC(=O)[C@H]1[C@@H](O)[C@@]2(O)c3ncc(OCc4ccccc4)cc3O[C@@]2(c2ccc(OC)cc2)[C@@H]1c1ccccc1. The van der Waals surface area contributed by atoms with Crippen molar-refractivity contribution >= 4 is 5.97 Å². The quantitative estimate of drug-likeness (QED) is 0.338. The molecule has 0 unspecified atom stereocenters. The largest absolute Gasteiger partial charge is 0.497 e. The Hall–Kier alpha value is -4.40. The minimum absolute atomic E-state index is 0.121. The van der Waals surface area contributed by atoms with Gasteiger partial charge in [0.15, 0.2) is 11.2 Å². The summed E-state index contributed by atoms with van der Waals surface area (Å²) in [6.45, 7) is 0.314. The summed E-state index contributed by atoms with van der Waals surface area (Å²) >= 11 is 0. The fourth-order valence-electron chi connectivity index (χ4n) is 6.19. The van der Waals surface area contributed by atoms with Gasteiger partial charge in [-0.1, -0.05) is 72.8 Å². The smallest absolute Gasteiger partial charge is 0.312 e. The average Bonchev–Trinajstić information content (AvgIpc) is 3.38. The van der Waals surface area contributed by atoms with Crippen molar-refractivity contribution in [1.82, 2.24) is 4.98 Å². The summed E-state index contributed by atoms with van der Waals surface area (Å²) in [4.78, 5) is 17.8. The summed E-state index contributed by atoms with van der Waals surface area (Å²) in [6, 6.07) is 27.6. The van der Waals surface area contributed by atoms with Gasteiger partial charge >= 0.3 is 5.97 Å². The molecular weight excluding hydrogens is 510 g/mol. The number of aromatic nitrogens is 1. The first-order valence-electron chi connectivity index (χ1n) is 13.0. The molecule has 0 bridgehead atoms. The Kier molecular flexibility index (Phi) is 6.44. The van der Waals surface area contributed by atoms with Crippen LogP contribution < -0.4 is 14.2 Å². The van der Waals surface area contributed by atoms with Crippen molar-refractivity contribution in [2.45, 2.75) is 29.8 Å². The molecule has 0 radical (unpaired) electrons. The van der Waals surface area contributed by atoms with Gasteiger partial charge in [-0.25, -0.2) is 0 Å². The molecular formula is C32H29NO7. The molecule has 1 aromatic heterocycles. The molecule has 0 saturated heterocycles. The van der Waals surface area contributed by atoms with Gasteiger partial charge in [-0.2, -0.15) is 0 Å². The Balaban J connectivity index is 1.52. The Morgan fingerprint density at radius 2 is 1.62 bits per heavy atom. The van der Waals surface area contributed by atoms with Gasteiger partial charge in [0.05, 0.1) is 26.3 Å². The van der Waals surface area contributed by atoms with Gasteiger partial charge in [0, 0.05) is 12.0 Å². The van der Waals surface area contributed by atoms with E-state index in [1.165, 1.54) is 13.3 Å². The minimum Gasteiger partial charge on any atom is -0.497 e. The van der Waals surface area contributed by atoms with E-state index in [2.05, 4.69) is 4.98 Å². The van der Waals surface area contributed by atoms with E-state index >= 15 is 0 Å². The number of hydrogen-bond acceptors (Lipinski definition) is 8. The lowest BCUT2D eigenvalue weighted by atomic mass is 9.71. The van der Waals surface area contributed by atoms with Crippen LogP contribution in [0.2, 0.25) is 0 Å². The highest BCUT2D eigenvalue weighted by Crippen LogP contribution is 2.68. The van der Waals surface area contributed by atoms with Crippen LogP contribution in [0.25, 0.3) is 0 Å². The molecule has 1 fully saturated rings. The number of aliphatic hydroxyl groups excluding tert-OH is 1. The number of methoxy groups -OCH3 is 2. The first-order chi connectivity index (χ1) is 19.4. The normalized spacial score (nSPS) is 26.4. The van der Waals surface area contributed by atoms with E-state index in [1.54, 1.807) is 37.4 Å². The second-order valence-electron chi connectivity index (χ2n) is 10.0. The third-order valence-electron chi connectivity index (χ3n) is 7.99. The predicted octanol–water partition coefficient (Wildman–Crippen LogP) is 4.09. The molecule has 2 aliphatic rings. The molecule has 204 valence electrons. The first-order valence-corrected chi connectivity index (χ1v) is 13.0. The maximum absolute atomic E-state index is 13.2. The standard InChI is InChI=1S/C32H29NO7/c1-37-23-15-13-22(14-16-23)32-27(21-11-7-4-8-12-21)26(30(35)38-2)29(34)31(32,36)28-25(40-32)17-24(18-33-28)39-19-20-9-5-3-6-10-20/h3-18,26-27,29,34,36H,19H2,1-2H3/t26-,27-,29-,31+,32+/m1/s1. The van der Waals surface area contributed by atoms with E-state index in [0.717, 1.165) is 5.56 Å². The van der Waals surface area contributed by atoms with Gasteiger partial charge in [-0.15, -0.1) is 0 Å². The molecule has 3 aromatic carbocycles. The molecule has 5 atom stereocenters. The zero-order valence-corrected chi connectivity index (χ0v) is 22.1. The zero-order valence-electron chi connectivity index (χ0n) is 22.1. The monoisotopic (exact) mass is 539 g/mol. The maximum Gasteiger partial charge on any atom is 0.312 e. The van der Waals surface area contributed by atoms with Crippen molar-refractivity contribution < 1.29 is 34.0 Å². The minimum atomic E-state index is -2.10. The van der Waals surface area contributed by atoms with Crippen LogP contribution in [0.3, 0.4) is 0 Å². The van der Waals surface area contributed by atoms with E-state index < -0.39 is 35.1 Å². The van der Waals surface area contributed by atoms with Crippen molar-refractivity contribution in [2.24, 2.45) is 5.92 Å². The van der Waals surface area contributed by atoms with Gasteiger partial charge < -0.3 is 29.2 Å². The molecule has 0 amide bonds. The highest BCUT2D eigenvalue weighted by Gasteiger charge is 2.78. The van der Waals surface area contributed by atoms with Crippen LogP contribution in [0.5, 0.6) is 17.2 Å². The van der Waals surface area contributed by atoms with Crippen molar-refractivity contribution in [1.29, 1.82) is 0 Å². The first kappa shape index (κ1) is 25.9. The van der Waals surface area contributed by atoms with E-state index in [4.69, 9.17) is 18.9 Å². The van der Waals surface area contributed by atoms with Crippen molar-refractivity contribution in [3.05, 3.63) is 120 Å². The van der Waals surface area contributed by atoms with E-state index in [-0.39, 0.29) is 11.4 Å². The number of pyridine rings is 1. The van der Waals surface area contributed by atoms with Crippen molar-refractivity contribution in [2.75, 3.05) is 14.2 Å². The number of carbonyl (C=O) groups is 1. The number of ether oxygens (including phenoxy) is 4. The number of hydrogen-bond donors (Lipinski definition) is 2. The molecule has 8 heteroatoms. The summed E-state index contributed by atoms with van der Waals surface area (Å²) in [7, 11) is 2.82. The number of benzene rings is 3. The molecule has 2 N–H and O–H groups in total. The lowest BCUT2D eigenvalue weighted by Gasteiger charge is -2.40. The highest BCUT2D eigenvalue weighted by atomic mass is 16.5. The fraction of sp³-hybridized carbons (Fsp3) is 0.250. The van der Waals surface area contributed by atoms with Gasteiger partial charge in [0.25, 0.3) is 0 Å². The Labute approximate surface area is 231 Å². The molecule has 1 aliphatic heterocycles. The Morgan fingerprint density at radius 3 is 2.27 bits per heavy atom. The number of carbonyl (C=O) groups excluding carboxylic acids is 1. The van der Waals surface area contributed by atoms with Crippen LogP contribution in [0.4, 0.5) is 0 Å². The second kappa shape index (κ2) is 9.97. The summed E-state index contributed by atoms with van der Waals surface area (Å²) < 4.78 is 23.2. The molecule has 8 nitrogen and oxygen atoms in total. The lowest BCUT2D eigenvalue weighted by Crippen LogP contribution is -2.52. The lowest BCUT2D eigenvalue weighted by molar-refractivity contribution is -0.162. The van der Waals surface area contributed by atoms with E-state index in [1.807, 2.05) is 60.7 Å². The Bertz CT molecular complexity index is 1510. The number of fused-ring (bicyclic) bond motifs is 3. The molecule has 40 heavy (non-hydrogen) atoms. The van der Waals surface area contributed by atoms with Gasteiger partial charge in [0.2, 0.25) is 0 Å². The van der Waals surface area contributed by atoms with E-state index in [9.17, 15) is 15.0 Å². The summed E-state index contributed by atoms with van der Waals surface area (Å²) in [5, 5.41) is 24.4. The van der Waals surface area contributed by atoms with Gasteiger partial charge in [-0.05, 0) is 28.8 Å². The third-order valence-corrected chi connectivity index (χ3v) is 7.99. The molecule has 0 spiro atoms. The van der Waals surface area contributed by atoms with Gasteiger partial charge in [-0.3, -0.25) is 9.78 Å². The number of esters is 1. The third kappa shape index (κ3) is 3.75. The topological polar surface area (TPSA) is 107 Å². The molecule has 2 heterocycles. The van der Waals surface area contributed by atoms with Crippen molar-refractivity contribution in [3.63, 3.8) is 0 Å². The molecule has 1 aliphatic carbocycles. The summed E-state index contributed by atoms with van der Waals surface area (Å²) in [5.74, 6) is -1.35. The highest BCUT2D eigenvalue weighted by molar-refractivity contribution is 5.77. The van der Waals surface area contributed by atoms with E-state index in [0.29, 0.717) is 29.2 Å². The molecule has 1 saturated carbocycles. The summed E-state index contributed by atoms with van der Waals surface area (Å²) in [6.07, 6.45) is -0.111. The van der Waals surface area contributed by atoms with Crippen LogP contribution in [-0.4, -0.2) is 41.5 Å². The number of nitrogens with zero attached hydrogens (tertiary/aromatic N) is 1. The molecule has 6 rings (SSSR count). The van der Waals surface area contributed by atoms with Crippen molar-refractivity contribution in [3.8, 4) is 17.2 Å². The number of aliphatic hydroxyl groups is 2. The van der Waals surface area contributed by atoms with Crippen LogP contribution in [-0.2, 0) is 27.3 Å². The fourth-order valence-corrected chi connectivity index (χ4v) is 6.19. The Morgan fingerprint density at radius 1 is 0.950 bits per heavy atom.